The van der Waals surface area contributed by atoms with Crippen LogP contribution in [0.15, 0.2) is 24.3 Å². The highest BCUT2D eigenvalue weighted by Crippen LogP contribution is 2.21. The van der Waals surface area contributed by atoms with Crippen LogP contribution in [0.3, 0.4) is 0 Å². The fraction of sp³-hybridized carbons (Fsp3) is 0.533. The molecule has 98 valence electrons. The highest BCUT2D eigenvalue weighted by molar-refractivity contribution is 5.81. The summed E-state index contributed by atoms with van der Waals surface area (Å²) in [5.41, 5.74) is 0.697. The molecule has 0 saturated heterocycles. The Morgan fingerprint density at radius 2 is 2.11 bits per heavy atom. The maximum absolute atomic E-state index is 13.5. The minimum absolute atomic E-state index is 0.149. The van der Waals surface area contributed by atoms with Crippen LogP contribution in [0, 0.1) is 11.7 Å². The zero-order chi connectivity index (χ0) is 13.0. The summed E-state index contributed by atoms with van der Waals surface area (Å²) in [5, 5.41) is 0. The average molecular weight is 249 g/mol. The van der Waals surface area contributed by atoms with Gasteiger partial charge in [0.1, 0.15) is 11.6 Å². The summed E-state index contributed by atoms with van der Waals surface area (Å²) in [5.74, 6) is 0.358. The summed E-state index contributed by atoms with van der Waals surface area (Å²) in [6, 6.07) is 6.82. The van der Waals surface area contributed by atoms with Crippen molar-refractivity contribution in [2.75, 3.05) is 13.6 Å². The number of ketones is 1. The number of carbonyl (C=O) groups excluding carboxylic acids is 1. The molecule has 3 heteroatoms. The van der Waals surface area contributed by atoms with E-state index in [2.05, 4.69) is 0 Å². The maximum Gasteiger partial charge on any atom is 0.137 e. The van der Waals surface area contributed by atoms with Crippen molar-refractivity contribution >= 4 is 5.78 Å². The van der Waals surface area contributed by atoms with E-state index in [0.29, 0.717) is 17.9 Å². The van der Waals surface area contributed by atoms with Crippen molar-refractivity contribution in [1.29, 1.82) is 0 Å². The van der Waals surface area contributed by atoms with Crippen molar-refractivity contribution in [1.82, 2.24) is 4.90 Å². The van der Waals surface area contributed by atoms with E-state index in [4.69, 9.17) is 0 Å². The third kappa shape index (κ3) is 3.39. The van der Waals surface area contributed by atoms with Crippen LogP contribution in [0.1, 0.15) is 31.2 Å². The van der Waals surface area contributed by atoms with Gasteiger partial charge in [-0.05, 0) is 26.0 Å². The van der Waals surface area contributed by atoms with Crippen molar-refractivity contribution in [2.45, 2.75) is 32.2 Å². The van der Waals surface area contributed by atoms with Gasteiger partial charge < -0.3 is 4.90 Å². The molecule has 0 aliphatic heterocycles. The summed E-state index contributed by atoms with van der Waals surface area (Å²) in [7, 11) is 1.95. The molecule has 1 atom stereocenters. The van der Waals surface area contributed by atoms with Gasteiger partial charge in [-0.3, -0.25) is 4.79 Å². The Bertz CT molecular complexity index is 419. The van der Waals surface area contributed by atoms with Crippen molar-refractivity contribution < 1.29 is 9.18 Å². The third-order valence-corrected chi connectivity index (χ3v) is 3.61. The molecule has 18 heavy (non-hydrogen) atoms. The van der Waals surface area contributed by atoms with E-state index in [1.54, 1.807) is 12.1 Å². The van der Waals surface area contributed by atoms with Crippen molar-refractivity contribution in [3.05, 3.63) is 35.6 Å². The number of carbonyl (C=O) groups is 1. The molecule has 1 aromatic carbocycles. The standard InChI is InChI=1S/C15H20FNO/c1-17(10-12-6-2-4-8-14(12)16)11-13-7-3-5-9-15(13)18/h2,4,6,8,13H,3,5,7,9-11H2,1H3. The van der Waals surface area contributed by atoms with Crippen molar-refractivity contribution in [2.24, 2.45) is 5.92 Å². The minimum Gasteiger partial charge on any atom is -0.301 e. The minimum atomic E-state index is -0.167. The first-order valence-corrected chi connectivity index (χ1v) is 6.61. The molecule has 0 N–H and O–H groups in total. The number of halogens is 1. The number of rotatable bonds is 4. The first kappa shape index (κ1) is 13.2. The molecule has 0 amide bonds. The maximum atomic E-state index is 13.5. The summed E-state index contributed by atoms with van der Waals surface area (Å²) in [4.78, 5) is 13.8. The molecule has 1 aliphatic rings. The van der Waals surface area contributed by atoms with Crippen LogP contribution in [0.2, 0.25) is 0 Å². The van der Waals surface area contributed by atoms with Crippen LogP contribution in [0.4, 0.5) is 4.39 Å². The van der Waals surface area contributed by atoms with Gasteiger partial charge in [0.2, 0.25) is 0 Å². The van der Waals surface area contributed by atoms with E-state index >= 15 is 0 Å². The second-order valence-electron chi connectivity index (χ2n) is 5.20. The Balaban J connectivity index is 1.90. The van der Waals surface area contributed by atoms with E-state index in [9.17, 15) is 9.18 Å². The van der Waals surface area contributed by atoms with Gasteiger partial charge in [0, 0.05) is 31.0 Å². The molecule has 0 spiro atoms. The molecule has 0 radical (unpaired) electrons. The molecule has 0 heterocycles. The Kier molecular flexibility index (Phi) is 4.48. The summed E-state index contributed by atoms with van der Waals surface area (Å²) >= 11 is 0. The van der Waals surface area contributed by atoms with Gasteiger partial charge in [0.25, 0.3) is 0 Å². The second-order valence-corrected chi connectivity index (χ2v) is 5.20. The van der Waals surface area contributed by atoms with Crippen LogP contribution in [-0.2, 0) is 11.3 Å². The van der Waals surface area contributed by atoms with Gasteiger partial charge in [-0.25, -0.2) is 4.39 Å². The van der Waals surface area contributed by atoms with Crippen LogP contribution in [-0.4, -0.2) is 24.3 Å². The van der Waals surface area contributed by atoms with Crippen LogP contribution < -0.4 is 0 Å². The number of hydrogen-bond acceptors (Lipinski definition) is 2. The molecular formula is C15H20FNO. The Morgan fingerprint density at radius 1 is 1.33 bits per heavy atom. The van der Waals surface area contributed by atoms with Gasteiger partial charge in [0.15, 0.2) is 0 Å². The predicted octanol–water partition coefficient (Wildman–Crippen LogP) is 3.02. The molecule has 1 aromatic rings. The van der Waals surface area contributed by atoms with Gasteiger partial charge in [-0.1, -0.05) is 24.6 Å². The lowest BCUT2D eigenvalue weighted by atomic mass is 9.87. The van der Waals surface area contributed by atoms with E-state index in [1.165, 1.54) is 6.07 Å². The highest BCUT2D eigenvalue weighted by atomic mass is 19.1. The largest absolute Gasteiger partial charge is 0.301 e. The van der Waals surface area contributed by atoms with Gasteiger partial charge in [-0.2, -0.15) is 0 Å². The Hall–Kier alpha value is -1.22. The van der Waals surface area contributed by atoms with E-state index < -0.39 is 0 Å². The molecular weight excluding hydrogens is 229 g/mol. The SMILES string of the molecule is CN(Cc1ccccc1F)CC1CCCCC1=O. The molecule has 0 bridgehead atoms. The lowest BCUT2D eigenvalue weighted by molar-refractivity contribution is -0.125. The lowest BCUT2D eigenvalue weighted by Crippen LogP contribution is -2.32. The molecule has 1 saturated carbocycles. The van der Waals surface area contributed by atoms with Crippen molar-refractivity contribution in [3.63, 3.8) is 0 Å². The third-order valence-electron chi connectivity index (χ3n) is 3.61. The lowest BCUT2D eigenvalue weighted by Gasteiger charge is -2.26. The smallest absolute Gasteiger partial charge is 0.137 e. The normalized spacial score (nSPS) is 20.4. The van der Waals surface area contributed by atoms with E-state index in [-0.39, 0.29) is 11.7 Å². The zero-order valence-electron chi connectivity index (χ0n) is 10.9. The predicted molar refractivity (Wildman–Crippen MR) is 69.7 cm³/mol. The highest BCUT2D eigenvalue weighted by Gasteiger charge is 2.23. The quantitative estimate of drug-likeness (QED) is 0.817. The average Bonchev–Trinajstić information content (AvgIpc) is 2.35. The first-order chi connectivity index (χ1) is 8.66. The first-order valence-electron chi connectivity index (χ1n) is 6.61. The van der Waals surface area contributed by atoms with Crippen molar-refractivity contribution in [3.8, 4) is 0 Å². The molecule has 2 rings (SSSR count). The number of Topliss-reactive ketones (excluding diaryl/α,β-unsaturated/α-hetero) is 1. The Morgan fingerprint density at radius 3 is 2.83 bits per heavy atom. The summed E-state index contributed by atoms with van der Waals surface area (Å²) < 4.78 is 13.5. The van der Waals surface area contributed by atoms with Crippen LogP contribution in [0.25, 0.3) is 0 Å². The second kappa shape index (κ2) is 6.10. The molecule has 1 fully saturated rings. The van der Waals surface area contributed by atoms with Crippen LogP contribution >= 0.6 is 0 Å². The van der Waals surface area contributed by atoms with E-state index in [1.807, 2.05) is 18.0 Å². The fourth-order valence-electron chi connectivity index (χ4n) is 2.61. The number of nitrogens with zero attached hydrogens (tertiary/aromatic N) is 1. The molecule has 1 unspecified atom stereocenters. The summed E-state index contributed by atoms with van der Waals surface area (Å²) in [6.07, 6.45) is 3.88. The molecule has 0 aromatic heterocycles. The zero-order valence-corrected chi connectivity index (χ0v) is 10.9. The van der Waals surface area contributed by atoms with Gasteiger partial charge >= 0.3 is 0 Å². The van der Waals surface area contributed by atoms with E-state index in [0.717, 1.165) is 32.2 Å². The van der Waals surface area contributed by atoms with Crippen LogP contribution in [0.5, 0.6) is 0 Å². The Labute approximate surface area is 108 Å². The summed E-state index contributed by atoms with van der Waals surface area (Å²) in [6.45, 7) is 1.31. The fourth-order valence-corrected chi connectivity index (χ4v) is 2.61. The number of hydrogen-bond donors (Lipinski definition) is 0. The van der Waals surface area contributed by atoms with Gasteiger partial charge in [-0.15, -0.1) is 0 Å². The number of benzene rings is 1. The molecule has 2 nitrogen and oxygen atoms in total. The topological polar surface area (TPSA) is 20.3 Å². The monoisotopic (exact) mass is 249 g/mol. The van der Waals surface area contributed by atoms with Gasteiger partial charge in [0.05, 0.1) is 0 Å². The molecule has 1 aliphatic carbocycles.